The van der Waals surface area contributed by atoms with Crippen LogP contribution in [-0.4, -0.2) is 47.1 Å². The molecule has 0 radical (unpaired) electrons. The summed E-state index contributed by atoms with van der Waals surface area (Å²) in [6.45, 7) is 4.64. The van der Waals surface area contributed by atoms with Crippen LogP contribution in [0.25, 0.3) is 0 Å². The highest BCUT2D eigenvalue weighted by Gasteiger charge is 2.35. The van der Waals surface area contributed by atoms with E-state index in [2.05, 4.69) is 16.9 Å². The maximum atomic E-state index is 11.2. The van der Waals surface area contributed by atoms with Crippen molar-refractivity contribution < 1.29 is 14.6 Å². The van der Waals surface area contributed by atoms with Gasteiger partial charge < -0.3 is 14.6 Å². The van der Waals surface area contributed by atoms with Gasteiger partial charge in [0, 0.05) is 44.0 Å². The van der Waals surface area contributed by atoms with E-state index in [1.54, 1.807) is 14.2 Å². The lowest BCUT2D eigenvalue weighted by Crippen LogP contribution is -2.42. The van der Waals surface area contributed by atoms with Gasteiger partial charge in [0.1, 0.15) is 11.5 Å². The molecule has 0 atom stereocenters. The molecule has 0 spiro atoms. The van der Waals surface area contributed by atoms with Crippen LogP contribution in [0.3, 0.4) is 0 Å². The largest absolute Gasteiger partial charge is 0.497 e. The maximum absolute atomic E-state index is 11.2. The number of likely N-dealkylation sites (tertiary alicyclic amines) is 1. The number of piperidine rings is 1. The summed E-state index contributed by atoms with van der Waals surface area (Å²) in [4.78, 5) is 2.37. The summed E-state index contributed by atoms with van der Waals surface area (Å²) in [7, 11) is 5.22. The summed E-state index contributed by atoms with van der Waals surface area (Å²) in [5.41, 5.74) is 2.46. The van der Waals surface area contributed by atoms with Gasteiger partial charge in [-0.3, -0.25) is 9.58 Å². The zero-order valence-electron chi connectivity index (χ0n) is 15.5. The molecule has 3 rings (SSSR count). The van der Waals surface area contributed by atoms with Gasteiger partial charge in [0.25, 0.3) is 0 Å². The van der Waals surface area contributed by atoms with Crippen LogP contribution in [0.2, 0.25) is 0 Å². The number of aromatic nitrogens is 2. The second-order valence-electron chi connectivity index (χ2n) is 6.79. The van der Waals surface area contributed by atoms with Crippen molar-refractivity contribution in [1.82, 2.24) is 14.7 Å². The van der Waals surface area contributed by atoms with Gasteiger partial charge in [0.05, 0.1) is 26.0 Å². The van der Waals surface area contributed by atoms with E-state index in [0.29, 0.717) is 24.3 Å². The summed E-state index contributed by atoms with van der Waals surface area (Å²) in [6.07, 6.45) is 3.30. The van der Waals surface area contributed by atoms with Gasteiger partial charge in [-0.15, -0.1) is 0 Å². The Morgan fingerprint density at radius 3 is 2.20 bits per heavy atom. The van der Waals surface area contributed by atoms with Crippen molar-refractivity contribution in [2.75, 3.05) is 27.3 Å². The number of nitrogens with zero attached hydrogens (tertiary/aromatic N) is 3. The molecule has 25 heavy (non-hydrogen) atoms. The number of rotatable bonds is 5. The Bertz CT molecular complexity index is 711. The van der Waals surface area contributed by atoms with E-state index >= 15 is 0 Å². The van der Waals surface area contributed by atoms with Crippen LogP contribution in [0, 0.1) is 6.92 Å². The maximum Gasteiger partial charge on any atom is 0.122 e. The highest BCUT2D eigenvalue weighted by molar-refractivity contribution is 5.41. The third-order valence-electron chi connectivity index (χ3n) is 5.30. The van der Waals surface area contributed by atoms with Gasteiger partial charge >= 0.3 is 0 Å². The van der Waals surface area contributed by atoms with Gasteiger partial charge in [-0.1, -0.05) is 0 Å². The minimum atomic E-state index is -0.845. The summed E-state index contributed by atoms with van der Waals surface area (Å²) >= 11 is 0. The molecule has 0 aliphatic carbocycles. The first-order valence-electron chi connectivity index (χ1n) is 8.61. The third-order valence-corrected chi connectivity index (χ3v) is 5.30. The van der Waals surface area contributed by atoms with E-state index in [0.717, 1.165) is 25.2 Å². The van der Waals surface area contributed by atoms with E-state index in [9.17, 15) is 5.11 Å². The zero-order chi connectivity index (χ0) is 18.0. The Kier molecular flexibility index (Phi) is 5.01. The Morgan fingerprint density at radius 2 is 1.72 bits per heavy atom. The highest BCUT2D eigenvalue weighted by Crippen LogP contribution is 2.37. The first kappa shape index (κ1) is 17.8. The molecule has 0 amide bonds. The molecule has 2 aromatic rings. The second kappa shape index (κ2) is 7.06. The predicted octanol–water partition coefficient (Wildman–Crippen LogP) is 2.23. The number of hydrogen-bond acceptors (Lipinski definition) is 5. The summed E-state index contributed by atoms with van der Waals surface area (Å²) < 4.78 is 12.6. The zero-order valence-corrected chi connectivity index (χ0v) is 15.5. The number of aryl methyl sites for hydroxylation is 1. The molecular weight excluding hydrogens is 318 g/mol. The molecule has 136 valence electrons. The predicted molar refractivity (Wildman–Crippen MR) is 95.9 cm³/mol. The van der Waals surface area contributed by atoms with Crippen molar-refractivity contribution in [3.63, 3.8) is 0 Å². The molecule has 0 bridgehead atoms. The molecule has 1 aromatic heterocycles. The number of aliphatic hydroxyl groups is 1. The molecule has 2 heterocycles. The molecule has 1 fully saturated rings. The van der Waals surface area contributed by atoms with E-state index in [4.69, 9.17) is 9.47 Å². The lowest BCUT2D eigenvalue weighted by molar-refractivity contribution is -0.0280. The Balaban J connectivity index is 1.71. The lowest BCUT2D eigenvalue weighted by atomic mass is 9.84. The van der Waals surface area contributed by atoms with Crippen molar-refractivity contribution in [2.24, 2.45) is 7.05 Å². The lowest BCUT2D eigenvalue weighted by Gasteiger charge is -2.38. The Hall–Kier alpha value is -2.05. The minimum absolute atomic E-state index is 0.683. The molecule has 1 saturated heterocycles. The van der Waals surface area contributed by atoms with Crippen LogP contribution in [-0.2, 0) is 19.2 Å². The Labute approximate surface area is 149 Å². The molecule has 1 aliphatic heterocycles. The normalized spacial score (nSPS) is 17.5. The van der Waals surface area contributed by atoms with Gasteiger partial charge in [-0.05, 0) is 37.5 Å². The topological polar surface area (TPSA) is 59.8 Å². The van der Waals surface area contributed by atoms with E-state index in [-0.39, 0.29) is 0 Å². The fourth-order valence-corrected chi connectivity index (χ4v) is 3.39. The standard InChI is InChI=1S/C19H27N3O3/c1-14-15(12-20-21(14)2)13-22-7-5-19(23,6-8-22)16-9-17(24-3)11-18(10-16)25-4/h9-12,23H,5-8,13H2,1-4H3. The van der Waals surface area contributed by atoms with Crippen molar-refractivity contribution in [2.45, 2.75) is 31.9 Å². The average Bonchev–Trinajstić information content (AvgIpc) is 2.95. The van der Waals surface area contributed by atoms with Crippen molar-refractivity contribution in [3.05, 3.63) is 41.2 Å². The van der Waals surface area contributed by atoms with E-state index in [1.165, 1.54) is 11.3 Å². The van der Waals surface area contributed by atoms with Gasteiger partial charge in [0.2, 0.25) is 0 Å². The molecule has 1 aromatic carbocycles. The summed E-state index contributed by atoms with van der Waals surface area (Å²) in [6, 6.07) is 5.64. The van der Waals surface area contributed by atoms with E-state index in [1.807, 2.05) is 36.1 Å². The molecule has 6 heteroatoms. The van der Waals surface area contributed by atoms with Crippen molar-refractivity contribution in [3.8, 4) is 11.5 Å². The van der Waals surface area contributed by atoms with E-state index < -0.39 is 5.60 Å². The molecule has 1 aliphatic rings. The van der Waals surface area contributed by atoms with Gasteiger partial charge in [0.15, 0.2) is 0 Å². The third kappa shape index (κ3) is 3.65. The quantitative estimate of drug-likeness (QED) is 0.900. The van der Waals surface area contributed by atoms with Crippen LogP contribution >= 0.6 is 0 Å². The highest BCUT2D eigenvalue weighted by atomic mass is 16.5. The molecular formula is C19H27N3O3. The van der Waals surface area contributed by atoms with Gasteiger partial charge in [-0.2, -0.15) is 5.10 Å². The summed E-state index contributed by atoms with van der Waals surface area (Å²) in [5.74, 6) is 1.41. The van der Waals surface area contributed by atoms with Crippen LogP contribution in [0.4, 0.5) is 0 Å². The molecule has 6 nitrogen and oxygen atoms in total. The van der Waals surface area contributed by atoms with Crippen molar-refractivity contribution in [1.29, 1.82) is 0 Å². The fourth-order valence-electron chi connectivity index (χ4n) is 3.39. The van der Waals surface area contributed by atoms with Crippen molar-refractivity contribution >= 4 is 0 Å². The van der Waals surface area contributed by atoms with Crippen LogP contribution in [0.15, 0.2) is 24.4 Å². The smallest absolute Gasteiger partial charge is 0.122 e. The van der Waals surface area contributed by atoms with Gasteiger partial charge in [-0.25, -0.2) is 0 Å². The van der Waals surface area contributed by atoms with Crippen LogP contribution in [0.1, 0.15) is 29.7 Å². The molecule has 0 unspecified atom stereocenters. The number of hydrogen-bond donors (Lipinski definition) is 1. The average molecular weight is 345 g/mol. The molecule has 1 N–H and O–H groups in total. The SMILES string of the molecule is COc1cc(OC)cc(C2(O)CCN(Cc3cnn(C)c3C)CC2)c1. The summed E-state index contributed by atoms with van der Waals surface area (Å²) in [5, 5.41) is 15.5. The second-order valence-corrected chi connectivity index (χ2v) is 6.79. The monoisotopic (exact) mass is 345 g/mol. The number of methoxy groups -OCH3 is 2. The fraction of sp³-hybridized carbons (Fsp3) is 0.526. The number of benzene rings is 1. The Morgan fingerprint density at radius 1 is 1.12 bits per heavy atom. The first-order valence-corrected chi connectivity index (χ1v) is 8.61. The van der Waals surface area contributed by atoms with Crippen LogP contribution < -0.4 is 9.47 Å². The number of ether oxygens (including phenoxy) is 2. The van der Waals surface area contributed by atoms with Crippen LogP contribution in [0.5, 0.6) is 11.5 Å². The molecule has 0 saturated carbocycles. The minimum Gasteiger partial charge on any atom is -0.497 e. The first-order chi connectivity index (χ1) is 11.9.